The lowest BCUT2D eigenvalue weighted by Crippen LogP contribution is -2.41. The van der Waals surface area contributed by atoms with Crippen LogP contribution in [0.25, 0.3) is 11.1 Å². The van der Waals surface area contributed by atoms with Gasteiger partial charge in [-0.1, -0.05) is 23.7 Å². The monoisotopic (exact) mass is 387 g/mol. The standard InChI is InChI=1S/C18H19ClFNO3.ClH/c1-22-18-16(24-11-14-10-21-8-9-23-14)7-6-15(20)17(18)12-2-4-13(19)5-3-12;/h2-7,14,21H,8-11H2,1H3;1H/t14-;/m0./s1. The predicted octanol–water partition coefficient (Wildman–Crippen LogP) is 3.94. The molecule has 136 valence electrons. The molecule has 1 aliphatic rings. The summed E-state index contributed by atoms with van der Waals surface area (Å²) < 4.78 is 31.3. The Hall–Kier alpha value is -1.53. The van der Waals surface area contributed by atoms with Crippen LogP contribution in [0.3, 0.4) is 0 Å². The zero-order chi connectivity index (χ0) is 16.9. The van der Waals surface area contributed by atoms with Gasteiger partial charge in [0, 0.05) is 18.1 Å². The number of methoxy groups -OCH3 is 1. The zero-order valence-electron chi connectivity index (χ0n) is 13.8. The fraction of sp³-hybridized carbons (Fsp3) is 0.333. The Bertz CT molecular complexity index is 691. The van der Waals surface area contributed by atoms with Gasteiger partial charge in [0.2, 0.25) is 0 Å². The molecule has 4 nitrogen and oxygen atoms in total. The average molecular weight is 388 g/mol. The second kappa shape index (κ2) is 9.25. The van der Waals surface area contributed by atoms with Gasteiger partial charge in [0.05, 0.1) is 19.3 Å². The average Bonchev–Trinajstić information content (AvgIpc) is 2.62. The van der Waals surface area contributed by atoms with Gasteiger partial charge < -0.3 is 19.5 Å². The van der Waals surface area contributed by atoms with E-state index in [0.717, 1.165) is 13.1 Å². The highest BCUT2D eigenvalue weighted by molar-refractivity contribution is 6.30. The molecule has 0 amide bonds. The molecule has 0 saturated carbocycles. The molecule has 1 aliphatic heterocycles. The summed E-state index contributed by atoms with van der Waals surface area (Å²) in [6, 6.07) is 9.88. The van der Waals surface area contributed by atoms with Gasteiger partial charge in [-0.15, -0.1) is 12.4 Å². The maximum atomic E-state index is 14.4. The number of morpholine rings is 1. The summed E-state index contributed by atoms with van der Waals surface area (Å²) in [5, 5.41) is 3.83. The molecule has 1 heterocycles. The molecular weight excluding hydrogens is 368 g/mol. The van der Waals surface area contributed by atoms with E-state index in [9.17, 15) is 4.39 Å². The van der Waals surface area contributed by atoms with Crippen LogP contribution in [-0.2, 0) is 4.74 Å². The van der Waals surface area contributed by atoms with Crippen LogP contribution < -0.4 is 14.8 Å². The van der Waals surface area contributed by atoms with Crippen molar-refractivity contribution in [3.8, 4) is 22.6 Å². The van der Waals surface area contributed by atoms with E-state index in [0.29, 0.717) is 40.9 Å². The first-order valence-corrected chi connectivity index (χ1v) is 8.14. The first-order chi connectivity index (χ1) is 11.7. The minimum Gasteiger partial charge on any atom is -0.492 e. The van der Waals surface area contributed by atoms with E-state index in [1.807, 2.05) is 0 Å². The highest BCUT2D eigenvalue weighted by Crippen LogP contribution is 2.40. The van der Waals surface area contributed by atoms with E-state index in [1.165, 1.54) is 13.2 Å². The van der Waals surface area contributed by atoms with E-state index in [1.54, 1.807) is 30.3 Å². The van der Waals surface area contributed by atoms with Crippen molar-refractivity contribution in [2.24, 2.45) is 0 Å². The molecule has 1 atom stereocenters. The number of rotatable bonds is 5. The molecule has 1 fully saturated rings. The third-order valence-corrected chi connectivity index (χ3v) is 4.09. The van der Waals surface area contributed by atoms with Crippen LogP contribution in [-0.4, -0.2) is 39.5 Å². The lowest BCUT2D eigenvalue weighted by molar-refractivity contribution is -0.000263. The number of hydrogen-bond acceptors (Lipinski definition) is 4. The summed E-state index contributed by atoms with van der Waals surface area (Å²) in [6.45, 7) is 2.60. The normalized spacial score (nSPS) is 16.8. The first kappa shape index (κ1) is 19.8. The largest absolute Gasteiger partial charge is 0.492 e. The van der Waals surface area contributed by atoms with Crippen molar-refractivity contribution in [3.63, 3.8) is 0 Å². The molecule has 0 unspecified atom stereocenters. The van der Waals surface area contributed by atoms with Crippen molar-refractivity contribution in [1.29, 1.82) is 0 Å². The maximum Gasteiger partial charge on any atom is 0.171 e. The van der Waals surface area contributed by atoms with E-state index in [2.05, 4.69) is 5.32 Å². The summed E-state index contributed by atoms with van der Waals surface area (Å²) in [6.07, 6.45) is -0.0347. The van der Waals surface area contributed by atoms with Crippen LogP contribution >= 0.6 is 24.0 Å². The van der Waals surface area contributed by atoms with Crippen molar-refractivity contribution in [1.82, 2.24) is 5.32 Å². The van der Waals surface area contributed by atoms with E-state index >= 15 is 0 Å². The fourth-order valence-electron chi connectivity index (χ4n) is 2.65. The molecule has 0 aromatic heterocycles. The smallest absolute Gasteiger partial charge is 0.171 e. The van der Waals surface area contributed by atoms with Gasteiger partial charge in [0.25, 0.3) is 0 Å². The maximum absolute atomic E-state index is 14.4. The van der Waals surface area contributed by atoms with Crippen LogP contribution in [0.1, 0.15) is 0 Å². The molecule has 1 N–H and O–H groups in total. The zero-order valence-corrected chi connectivity index (χ0v) is 15.3. The molecule has 2 aromatic carbocycles. The molecule has 25 heavy (non-hydrogen) atoms. The molecule has 0 bridgehead atoms. The minimum absolute atomic E-state index is 0. The Balaban J connectivity index is 0.00000225. The summed E-state index contributed by atoms with van der Waals surface area (Å²) in [5.74, 6) is 0.469. The highest BCUT2D eigenvalue weighted by Gasteiger charge is 2.20. The van der Waals surface area contributed by atoms with Gasteiger partial charge in [-0.25, -0.2) is 4.39 Å². The lowest BCUT2D eigenvalue weighted by atomic mass is 10.0. The third-order valence-electron chi connectivity index (χ3n) is 3.84. The molecule has 3 rings (SSSR count). The highest BCUT2D eigenvalue weighted by atomic mass is 35.5. The first-order valence-electron chi connectivity index (χ1n) is 7.76. The molecule has 0 aliphatic carbocycles. The topological polar surface area (TPSA) is 39.7 Å². The van der Waals surface area contributed by atoms with Gasteiger partial charge in [0.1, 0.15) is 18.5 Å². The molecule has 2 aromatic rings. The van der Waals surface area contributed by atoms with Crippen molar-refractivity contribution >= 4 is 24.0 Å². The number of benzene rings is 2. The van der Waals surface area contributed by atoms with Gasteiger partial charge in [-0.3, -0.25) is 0 Å². The van der Waals surface area contributed by atoms with E-state index in [4.69, 9.17) is 25.8 Å². The second-order valence-corrected chi connectivity index (χ2v) is 5.91. The second-order valence-electron chi connectivity index (χ2n) is 5.47. The molecular formula is C18H20Cl2FNO3. The summed E-state index contributed by atoms with van der Waals surface area (Å²) in [7, 11) is 1.50. The van der Waals surface area contributed by atoms with E-state index in [-0.39, 0.29) is 24.3 Å². The lowest BCUT2D eigenvalue weighted by Gasteiger charge is -2.24. The Labute approximate surface area is 157 Å². The quantitative estimate of drug-likeness (QED) is 0.842. The molecule has 0 spiro atoms. The number of halogens is 3. The Morgan fingerprint density at radius 2 is 2.00 bits per heavy atom. The summed E-state index contributed by atoms with van der Waals surface area (Å²) >= 11 is 5.91. The SMILES string of the molecule is COc1c(OC[C@@H]2CNCCO2)ccc(F)c1-c1ccc(Cl)cc1.Cl. The molecule has 0 radical (unpaired) electrons. The van der Waals surface area contributed by atoms with Crippen LogP contribution in [0.15, 0.2) is 36.4 Å². The van der Waals surface area contributed by atoms with Gasteiger partial charge in [0.15, 0.2) is 11.5 Å². The number of hydrogen-bond donors (Lipinski definition) is 1. The van der Waals surface area contributed by atoms with Crippen molar-refractivity contribution < 1.29 is 18.6 Å². The van der Waals surface area contributed by atoms with Crippen LogP contribution in [0.5, 0.6) is 11.5 Å². The van der Waals surface area contributed by atoms with Crippen LogP contribution in [0.2, 0.25) is 5.02 Å². The Morgan fingerprint density at radius 3 is 2.64 bits per heavy atom. The number of nitrogens with one attached hydrogen (secondary N) is 1. The fourth-order valence-corrected chi connectivity index (χ4v) is 2.78. The van der Waals surface area contributed by atoms with Crippen molar-refractivity contribution in [3.05, 3.63) is 47.2 Å². The van der Waals surface area contributed by atoms with E-state index < -0.39 is 0 Å². The van der Waals surface area contributed by atoms with Gasteiger partial charge in [-0.05, 0) is 29.8 Å². The minimum atomic E-state index is -0.378. The summed E-state index contributed by atoms with van der Waals surface area (Å²) in [5.41, 5.74) is 1.03. The summed E-state index contributed by atoms with van der Waals surface area (Å²) in [4.78, 5) is 0. The van der Waals surface area contributed by atoms with Gasteiger partial charge >= 0.3 is 0 Å². The third kappa shape index (κ3) is 4.76. The van der Waals surface area contributed by atoms with Crippen molar-refractivity contribution in [2.45, 2.75) is 6.10 Å². The van der Waals surface area contributed by atoms with Gasteiger partial charge in [-0.2, -0.15) is 0 Å². The Morgan fingerprint density at radius 1 is 1.24 bits per heavy atom. The van der Waals surface area contributed by atoms with Crippen molar-refractivity contribution in [2.75, 3.05) is 33.4 Å². The van der Waals surface area contributed by atoms with Crippen LogP contribution in [0.4, 0.5) is 4.39 Å². The number of ether oxygens (including phenoxy) is 3. The van der Waals surface area contributed by atoms with Crippen LogP contribution in [0, 0.1) is 5.82 Å². The predicted molar refractivity (Wildman–Crippen MR) is 98.8 cm³/mol. The molecule has 7 heteroatoms. The Kier molecular flexibility index (Phi) is 7.32. The molecule has 1 saturated heterocycles.